The first-order chi connectivity index (χ1) is 32.2. The normalized spacial score (nSPS) is 17.7. The Balaban J connectivity index is 0.000000151. The van der Waals surface area contributed by atoms with E-state index in [0.29, 0.717) is 31.2 Å². The van der Waals surface area contributed by atoms with Gasteiger partial charge in [-0.15, -0.1) is 0 Å². The first kappa shape index (κ1) is 42.6. The molecule has 4 aliphatic heterocycles. The van der Waals surface area contributed by atoms with Crippen LogP contribution in [0.1, 0.15) is 75.1 Å². The van der Waals surface area contributed by atoms with Gasteiger partial charge in [-0.2, -0.15) is 0 Å². The summed E-state index contributed by atoms with van der Waals surface area (Å²) in [5, 5.41) is 9.78. The zero-order valence-electron chi connectivity index (χ0n) is 38.9. The van der Waals surface area contributed by atoms with E-state index in [4.69, 9.17) is 24.2 Å². The van der Waals surface area contributed by atoms with Crippen molar-refractivity contribution in [1.29, 1.82) is 0 Å². The number of carbonyl (C=O) groups excluding carboxylic acids is 3. The highest BCUT2D eigenvalue weighted by atomic mass is 16.6. The van der Waals surface area contributed by atoms with E-state index in [0.717, 1.165) is 135 Å². The summed E-state index contributed by atoms with van der Waals surface area (Å²) >= 11 is 0. The minimum Gasteiger partial charge on any atom is -0.497 e. The van der Waals surface area contributed by atoms with Crippen molar-refractivity contribution in [3.8, 4) is 57.1 Å². The minimum absolute atomic E-state index is 0.0557. The van der Waals surface area contributed by atoms with Crippen LogP contribution in [0.25, 0.3) is 45.6 Å². The molecule has 6 aliphatic rings. The van der Waals surface area contributed by atoms with Crippen molar-refractivity contribution >= 4 is 17.9 Å². The van der Waals surface area contributed by atoms with Gasteiger partial charge in [0.15, 0.2) is 11.6 Å². The number of amides is 3. The van der Waals surface area contributed by atoms with Gasteiger partial charge in [-0.05, 0) is 93.0 Å². The molecule has 2 aliphatic carbocycles. The van der Waals surface area contributed by atoms with Crippen LogP contribution < -0.4 is 25.4 Å². The number of aromatic nitrogens is 6. The maximum atomic E-state index is 13.4. The summed E-state index contributed by atoms with van der Waals surface area (Å²) in [5.41, 5.74) is 12.6. The molecule has 2 fully saturated rings. The number of ether oxygens (including phenoxy) is 3. The zero-order valence-corrected chi connectivity index (χ0v) is 38.9. The second-order valence-corrected chi connectivity index (χ2v) is 19.8. The number of likely N-dealkylation sites (tertiary alicyclic amines) is 1. The molecule has 3 amide bonds. The lowest BCUT2D eigenvalue weighted by atomic mass is 9.80. The fraction of sp³-hybridized carbons (Fsp3) is 0.392. The molecule has 8 heterocycles. The monoisotopic (exact) mass is 902 g/mol. The second-order valence-electron chi connectivity index (χ2n) is 19.8. The summed E-state index contributed by atoms with van der Waals surface area (Å²) in [6.45, 7) is 8.07. The molecule has 12 rings (SSSR count). The average molecular weight is 903 g/mol. The number of nitrogens with zero attached hydrogens (tertiary/aromatic N) is 7. The van der Waals surface area contributed by atoms with E-state index in [-0.39, 0.29) is 23.4 Å². The van der Waals surface area contributed by atoms with Gasteiger partial charge in [0.25, 0.3) is 11.8 Å². The summed E-state index contributed by atoms with van der Waals surface area (Å²) in [6.07, 6.45) is 8.22. The zero-order chi connectivity index (χ0) is 46.6. The van der Waals surface area contributed by atoms with Gasteiger partial charge in [0.05, 0.1) is 59.2 Å². The Kier molecular flexibility index (Phi) is 9.85. The van der Waals surface area contributed by atoms with E-state index < -0.39 is 11.1 Å². The number of benzene rings is 2. The number of hydrogen-bond donors (Lipinski definition) is 3. The predicted molar refractivity (Wildman–Crippen MR) is 250 cm³/mol. The molecule has 3 N–H and O–H groups in total. The highest BCUT2D eigenvalue weighted by molar-refractivity contribution is 6.02. The molecule has 344 valence electrons. The van der Waals surface area contributed by atoms with E-state index in [1.54, 1.807) is 19.1 Å². The smallest absolute Gasteiger partial charge is 0.410 e. The van der Waals surface area contributed by atoms with Crippen molar-refractivity contribution in [3.63, 3.8) is 0 Å². The van der Waals surface area contributed by atoms with Crippen LogP contribution in [-0.2, 0) is 57.4 Å². The lowest BCUT2D eigenvalue weighted by molar-refractivity contribution is -0.0170. The SMILES string of the molecule is COc1cccc(-c2ncc3c(n2)-c2c(c4c(n2C)CC2(CN(C(=O)OC(C)(C)C)C2)NC4=O)CC3)c1.COc1cccc(-c2ncc3c(n2)-c2c(c4c(n2C)CC2(CNC2)NC4=O)CC3)c1. The van der Waals surface area contributed by atoms with Gasteiger partial charge in [0, 0.05) is 88.0 Å². The number of methoxy groups -OCH3 is 2. The molecule has 16 heteroatoms. The van der Waals surface area contributed by atoms with Crippen molar-refractivity contribution in [3.05, 3.63) is 106 Å². The van der Waals surface area contributed by atoms with Gasteiger partial charge < -0.3 is 44.2 Å². The highest BCUT2D eigenvalue weighted by Crippen LogP contribution is 2.44. The molecular formula is C51H54N10O6. The lowest BCUT2D eigenvalue weighted by Gasteiger charge is -2.51. The lowest BCUT2D eigenvalue weighted by Crippen LogP contribution is -2.74. The van der Waals surface area contributed by atoms with Crippen LogP contribution in [0.5, 0.6) is 11.5 Å². The Morgan fingerprint density at radius 3 is 1.61 bits per heavy atom. The molecule has 4 aromatic heterocycles. The first-order valence-corrected chi connectivity index (χ1v) is 22.9. The largest absolute Gasteiger partial charge is 0.497 e. The summed E-state index contributed by atoms with van der Waals surface area (Å²) in [4.78, 5) is 59.9. The van der Waals surface area contributed by atoms with Gasteiger partial charge in [0.1, 0.15) is 17.1 Å². The molecule has 0 atom stereocenters. The standard InChI is InChI=1S/C28H31N5O4.C23H23N5O2/c1-27(2,3)37-26(35)33-14-28(15-33)12-20-21(25(34)31-28)19-10-9-17-13-29-24(30-22(17)23(19)32(20)4)16-7-6-8-18(11-16)36-5;1-28-17-9-23(11-24-12-23)27-22(29)18(17)16-7-6-14-10-25-21(26-19(14)20(16)28)13-4-3-5-15(8-13)30-2/h6-8,11,13H,9-10,12,14-15H2,1-5H3,(H,31,34);3-5,8,10,24H,6-7,9,11-12H2,1-2H3,(H,27,29). The molecule has 0 radical (unpaired) electrons. The van der Waals surface area contributed by atoms with E-state index in [1.165, 1.54) is 0 Å². The van der Waals surface area contributed by atoms with Crippen LogP contribution in [0.2, 0.25) is 0 Å². The van der Waals surface area contributed by atoms with Crippen LogP contribution in [0.15, 0.2) is 60.9 Å². The van der Waals surface area contributed by atoms with Crippen molar-refractivity contribution in [1.82, 2.24) is 49.9 Å². The number of fused-ring (bicyclic) bond motifs is 10. The minimum atomic E-state index is -0.557. The van der Waals surface area contributed by atoms with Gasteiger partial charge >= 0.3 is 6.09 Å². The quantitative estimate of drug-likeness (QED) is 0.206. The predicted octanol–water partition coefficient (Wildman–Crippen LogP) is 5.42. The van der Waals surface area contributed by atoms with Crippen molar-refractivity contribution < 1.29 is 28.6 Å². The van der Waals surface area contributed by atoms with Crippen molar-refractivity contribution in [2.24, 2.45) is 14.1 Å². The Hall–Kier alpha value is -7.07. The molecule has 16 nitrogen and oxygen atoms in total. The fourth-order valence-corrected chi connectivity index (χ4v) is 10.9. The van der Waals surface area contributed by atoms with E-state index in [2.05, 4.69) is 42.1 Å². The maximum Gasteiger partial charge on any atom is 0.410 e. The number of aryl methyl sites for hydroxylation is 2. The van der Waals surface area contributed by atoms with E-state index >= 15 is 0 Å². The number of carbonyl (C=O) groups is 3. The summed E-state index contributed by atoms with van der Waals surface area (Å²) in [6, 6.07) is 15.5. The molecule has 67 heavy (non-hydrogen) atoms. The number of nitrogens with one attached hydrogen (secondary N) is 3. The fourth-order valence-electron chi connectivity index (χ4n) is 10.9. The number of rotatable bonds is 4. The Bertz CT molecular complexity index is 3060. The topological polar surface area (TPSA) is 180 Å². The third-order valence-electron chi connectivity index (χ3n) is 14.1. The highest BCUT2D eigenvalue weighted by Gasteiger charge is 2.52. The van der Waals surface area contributed by atoms with E-state index in [1.807, 2.05) is 88.7 Å². The maximum absolute atomic E-state index is 13.4. The third kappa shape index (κ3) is 7.11. The molecule has 2 spiro atoms. The Morgan fingerprint density at radius 2 is 1.16 bits per heavy atom. The molecule has 6 aromatic rings. The third-order valence-corrected chi connectivity index (χ3v) is 14.1. The van der Waals surface area contributed by atoms with Gasteiger partial charge in [0.2, 0.25) is 0 Å². The Labute approximate surface area is 388 Å². The molecule has 2 aromatic carbocycles. The van der Waals surface area contributed by atoms with Gasteiger partial charge in [-0.3, -0.25) is 9.59 Å². The molecular weight excluding hydrogens is 849 g/mol. The van der Waals surface area contributed by atoms with Crippen LogP contribution in [0.4, 0.5) is 4.79 Å². The summed E-state index contributed by atoms with van der Waals surface area (Å²) in [7, 11) is 7.37. The summed E-state index contributed by atoms with van der Waals surface area (Å²) < 4.78 is 20.6. The number of hydrogen-bond acceptors (Lipinski definition) is 11. The summed E-state index contributed by atoms with van der Waals surface area (Å²) in [5.74, 6) is 2.80. The molecule has 0 unspecified atom stereocenters. The van der Waals surface area contributed by atoms with Gasteiger partial charge in [-0.1, -0.05) is 24.3 Å². The second kappa shape index (κ2) is 15.5. The van der Waals surface area contributed by atoms with Crippen LogP contribution in [-0.4, -0.2) is 109 Å². The molecule has 0 saturated carbocycles. The molecule has 2 saturated heterocycles. The Morgan fingerprint density at radius 1 is 0.687 bits per heavy atom. The van der Waals surface area contributed by atoms with Gasteiger partial charge in [-0.25, -0.2) is 24.7 Å². The first-order valence-electron chi connectivity index (χ1n) is 22.9. The van der Waals surface area contributed by atoms with Crippen molar-refractivity contribution in [2.75, 3.05) is 40.4 Å². The van der Waals surface area contributed by atoms with Crippen molar-refractivity contribution in [2.45, 2.75) is 76.0 Å². The average Bonchev–Trinajstić information content (AvgIpc) is 3.76. The van der Waals surface area contributed by atoms with Crippen LogP contribution in [0.3, 0.4) is 0 Å². The van der Waals surface area contributed by atoms with Crippen LogP contribution >= 0.6 is 0 Å². The molecule has 0 bridgehead atoms. The van der Waals surface area contributed by atoms with Crippen LogP contribution in [0, 0.1) is 0 Å². The van der Waals surface area contributed by atoms with E-state index in [9.17, 15) is 14.4 Å².